The van der Waals surface area contributed by atoms with Crippen molar-refractivity contribution in [3.63, 3.8) is 0 Å². The first kappa shape index (κ1) is 13.3. The van der Waals surface area contributed by atoms with Gasteiger partial charge in [-0.15, -0.1) is 0 Å². The third kappa shape index (κ3) is 10.2. The van der Waals surface area contributed by atoms with Crippen LogP contribution in [0, 0.1) is 5.92 Å². The van der Waals surface area contributed by atoms with Crippen LogP contribution in [-0.2, 0) is 4.74 Å². The molecule has 1 N–H and O–H groups in total. The lowest BCUT2D eigenvalue weighted by atomic mass is 10.2. The largest absolute Gasteiger partial charge is 0.396 e. The van der Waals surface area contributed by atoms with Crippen LogP contribution in [0.15, 0.2) is 0 Å². The van der Waals surface area contributed by atoms with Crippen molar-refractivity contribution in [2.75, 3.05) is 24.7 Å². The molecule has 0 saturated carbocycles. The molecule has 0 aromatic carbocycles. The van der Waals surface area contributed by atoms with Crippen LogP contribution in [0.5, 0.6) is 0 Å². The topological polar surface area (TPSA) is 29.5 Å². The number of rotatable bonds is 6. The Bertz CT molecular complexity index is 121. The van der Waals surface area contributed by atoms with Gasteiger partial charge in [-0.1, -0.05) is 6.92 Å². The van der Waals surface area contributed by atoms with E-state index in [1.165, 1.54) is 0 Å². The highest BCUT2D eigenvalue weighted by Gasteiger charge is 2.09. The van der Waals surface area contributed by atoms with Crippen molar-refractivity contribution < 1.29 is 9.84 Å². The lowest BCUT2D eigenvalue weighted by Gasteiger charge is -2.19. The summed E-state index contributed by atoms with van der Waals surface area (Å²) in [6, 6.07) is 0. The summed E-state index contributed by atoms with van der Waals surface area (Å²) in [6.07, 6.45) is 0. The zero-order chi connectivity index (χ0) is 10.3. The smallest absolute Gasteiger partial charge is 0.0598 e. The molecule has 0 rings (SSSR count). The minimum atomic E-state index is -0.0246. The van der Waals surface area contributed by atoms with Crippen LogP contribution < -0.4 is 0 Å². The second kappa shape index (κ2) is 6.68. The molecule has 3 heteroatoms. The molecule has 0 aromatic heterocycles. The molecule has 0 aliphatic carbocycles. The minimum Gasteiger partial charge on any atom is -0.396 e. The molecular formula is C10H22O2S. The Hall–Kier alpha value is 0.270. The van der Waals surface area contributed by atoms with Crippen LogP contribution in [0.2, 0.25) is 0 Å². The number of ether oxygens (including phenoxy) is 1. The van der Waals surface area contributed by atoms with Gasteiger partial charge < -0.3 is 9.84 Å². The fraction of sp³-hybridized carbons (Fsp3) is 1.00. The van der Waals surface area contributed by atoms with Crippen LogP contribution in [0.3, 0.4) is 0 Å². The van der Waals surface area contributed by atoms with Gasteiger partial charge in [-0.2, -0.15) is 11.8 Å². The number of aliphatic hydroxyl groups is 1. The van der Waals surface area contributed by atoms with Gasteiger partial charge in [0.1, 0.15) is 0 Å². The van der Waals surface area contributed by atoms with Crippen LogP contribution in [-0.4, -0.2) is 35.4 Å². The molecule has 0 saturated heterocycles. The zero-order valence-corrected chi connectivity index (χ0v) is 9.99. The summed E-state index contributed by atoms with van der Waals surface area (Å²) < 4.78 is 5.56. The fourth-order valence-corrected chi connectivity index (χ4v) is 1.62. The van der Waals surface area contributed by atoms with Gasteiger partial charge in [0.25, 0.3) is 0 Å². The van der Waals surface area contributed by atoms with Gasteiger partial charge >= 0.3 is 0 Å². The highest BCUT2D eigenvalue weighted by molar-refractivity contribution is 7.99. The van der Waals surface area contributed by atoms with E-state index >= 15 is 0 Å². The van der Waals surface area contributed by atoms with Crippen molar-refractivity contribution in [3.05, 3.63) is 0 Å². The molecule has 0 fully saturated rings. The van der Waals surface area contributed by atoms with E-state index in [4.69, 9.17) is 9.84 Å². The number of aliphatic hydroxyl groups excluding tert-OH is 1. The van der Waals surface area contributed by atoms with Crippen molar-refractivity contribution in [1.29, 1.82) is 0 Å². The Morgan fingerprint density at radius 3 is 2.46 bits per heavy atom. The van der Waals surface area contributed by atoms with E-state index in [1.54, 1.807) is 0 Å². The molecule has 0 aromatic rings. The normalized spacial score (nSPS) is 14.5. The first-order chi connectivity index (χ1) is 5.95. The van der Waals surface area contributed by atoms with Crippen LogP contribution in [0.4, 0.5) is 0 Å². The third-order valence-corrected chi connectivity index (χ3v) is 2.74. The highest BCUT2D eigenvalue weighted by Crippen LogP contribution is 2.10. The third-order valence-electron chi connectivity index (χ3n) is 1.48. The molecule has 13 heavy (non-hydrogen) atoms. The van der Waals surface area contributed by atoms with Crippen LogP contribution in [0.1, 0.15) is 27.7 Å². The summed E-state index contributed by atoms with van der Waals surface area (Å²) in [7, 11) is 0. The van der Waals surface area contributed by atoms with E-state index < -0.39 is 0 Å². The van der Waals surface area contributed by atoms with Gasteiger partial charge in [-0.3, -0.25) is 0 Å². The molecule has 0 bridgehead atoms. The molecule has 0 amide bonds. The van der Waals surface area contributed by atoms with E-state index in [-0.39, 0.29) is 12.2 Å². The average molecular weight is 206 g/mol. The maximum atomic E-state index is 8.78. The standard InChI is InChI=1S/C10H22O2S/c1-9(7-11)8-13-6-5-12-10(2,3)4/h9,11H,5-8H2,1-4H3. The van der Waals surface area contributed by atoms with Crippen molar-refractivity contribution >= 4 is 11.8 Å². The maximum Gasteiger partial charge on any atom is 0.0598 e. The maximum absolute atomic E-state index is 8.78. The van der Waals surface area contributed by atoms with Crippen LogP contribution >= 0.6 is 11.8 Å². The number of thioether (sulfide) groups is 1. The average Bonchev–Trinajstić information content (AvgIpc) is 2.01. The Balaban J connectivity index is 3.18. The van der Waals surface area contributed by atoms with E-state index in [0.29, 0.717) is 5.92 Å². The van der Waals surface area contributed by atoms with Gasteiger partial charge in [0.15, 0.2) is 0 Å². The van der Waals surface area contributed by atoms with Gasteiger partial charge in [0.2, 0.25) is 0 Å². The van der Waals surface area contributed by atoms with E-state index in [9.17, 15) is 0 Å². The number of hydrogen-bond donors (Lipinski definition) is 1. The molecule has 0 spiro atoms. The Morgan fingerprint density at radius 2 is 2.00 bits per heavy atom. The lowest BCUT2D eigenvalue weighted by Crippen LogP contribution is -2.20. The lowest BCUT2D eigenvalue weighted by molar-refractivity contribution is 0.00693. The summed E-state index contributed by atoms with van der Waals surface area (Å²) in [5.41, 5.74) is -0.0246. The fourth-order valence-electron chi connectivity index (χ4n) is 0.744. The van der Waals surface area contributed by atoms with Crippen LogP contribution in [0.25, 0.3) is 0 Å². The van der Waals surface area contributed by atoms with Gasteiger partial charge in [0.05, 0.1) is 12.2 Å². The Labute approximate surface area is 86.1 Å². The van der Waals surface area contributed by atoms with Crippen molar-refractivity contribution in [2.45, 2.75) is 33.3 Å². The summed E-state index contributed by atoms with van der Waals surface area (Å²) in [4.78, 5) is 0. The Kier molecular flexibility index (Phi) is 6.82. The Morgan fingerprint density at radius 1 is 1.38 bits per heavy atom. The molecule has 80 valence electrons. The quantitative estimate of drug-likeness (QED) is 0.675. The van der Waals surface area contributed by atoms with E-state index in [2.05, 4.69) is 27.7 Å². The number of hydrogen-bond acceptors (Lipinski definition) is 3. The second-order valence-electron chi connectivity index (χ2n) is 4.32. The first-order valence-electron chi connectivity index (χ1n) is 4.78. The highest BCUT2D eigenvalue weighted by atomic mass is 32.2. The molecule has 1 unspecified atom stereocenters. The summed E-state index contributed by atoms with van der Waals surface area (Å²) in [6.45, 7) is 9.33. The second-order valence-corrected chi connectivity index (χ2v) is 5.47. The van der Waals surface area contributed by atoms with E-state index in [0.717, 1.165) is 18.1 Å². The minimum absolute atomic E-state index is 0.0246. The summed E-state index contributed by atoms with van der Waals surface area (Å²) in [5, 5.41) is 8.78. The molecule has 0 aliphatic heterocycles. The van der Waals surface area contributed by atoms with E-state index in [1.807, 2.05) is 11.8 Å². The molecule has 0 heterocycles. The van der Waals surface area contributed by atoms with Gasteiger partial charge in [0, 0.05) is 12.4 Å². The molecule has 2 nitrogen and oxygen atoms in total. The zero-order valence-electron chi connectivity index (χ0n) is 9.17. The van der Waals surface area contributed by atoms with Crippen molar-refractivity contribution in [2.24, 2.45) is 5.92 Å². The summed E-state index contributed by atoms with van der Waals surface area (Å²) in [5.74, 6) is 2.44. The summed E-state index contributed by atoms with van der Waals surface area (Å²) >= 11 is 1.84. The predicted molar refractivity (Wildman–Crippen MR) is 59.3 cm³/mol. The monoisotopic (exact) mass is 206 g/mol. The van der Waals surface area contributed by atoms with Gasteiger partial charge in [-0.05, 0) is 32.4 Å². The first-order valence-corrected chi connectivity index (χ1v) is 5.93. The molecule has 1 atom stereocenters. The van der Waals surface area contributed by atoms with Crippen molar-refractivity contribution in [3.8, 4) is 0 Å². The van der Waals surface area contributed by atoms with Gasteiger partial charge in [-0.25, -0.2) is 0 Å². The molecule has 0 aliphatic rings. The molecular weight excluding hydrogens is 184 g/mol. The molecule has 0 radical (unpaired) electrons. The van der Waals surface area contributed by atoms with Crippen molar-refractivity contribution in [1.82, 2.24) is 0 Å². The SMILES string of the molecule is CC(CO)CSCCOC(C)(C)C. The predicted octanol–water partition coefficient (Wildman–Crippen LogP) is 2.16.